The molecule has 2 aromatic rings. The van der Waals surface area contributed by atoms with Gasteiger partial charge in [0.15, 0.2) is 0 Å². The Morgan fingerprint density at radius 2 is 1.87 bits per heavy atom. The third kappa shape index (κ3) is 8.40. The lowest BCUT2D eigenvalue weighted by Crippen LogP contribution is -2.58. The van der Waals surface area contributed by atoms with Crippen LogP contribution in [0.1, 0.15) is 65.7 Å². The van der Waals surface area contributed by atoms with Crippen LogP contribution in [0.3, 0.4) is 0 Å². The van der Waals surface area contributed by atoms with E-state index in [-0.39, 0.29) is 19.4 Å². The molecule has 0 bridgehead atoms. The fraction of sp³-hybridized carbons (Fsp3) is 0.545. The van der Waals surface area contributed by atoms with Crippen LogP contribution >= 0.6 is 0 Å². The maximum atomic E-state index is 14.3. The molecule has 1 saturated heterocycles. The molecule has 5 rings (SSSR count). The Labute approximate surface area is 274 Å². The van der Waals surface area contributed by atoms with Crippen LogP contribution in [0, 0.1) is 5.92 Å². The van der Waals surface area contributed by atoms with E-state index in [4.69, 9.17) is 9.47 Å². The number of carbonyl (C=O) groups excluding carboxylic acids is 4. The van der Waals surface area contributed by atoms with E-state index in [1.165, 1.54) is 4.90 Å². The molecule has 0 unspecified atom stereocenters. The lowest BCUT2D eigenvalue weighted by Gasteiger charge is -2.30. The zero-order valence-corrected chi connectivity index (χ0v) is 28.0. The number of sulfonamides is 1. The molecule has 3 heterocycles. The maximum Gasteiger partial charge on any atom is 0.408 e. The van der Waals surface area contributed by atoms with Crippen LogP contribution < -0.4 is 20.1 Å². The lowest BCUT2D eigenvalue weighted by molar-refractivity contribution is -0.141. The van der Waals surface area contributed by atoms with Crippen molar-refractivity contribution >= 4 is 44.7 Å². The first kappa shape index (κ1) is 34.1. The Hall–Kier alpha value is -4.20. The maximum absolute atomic E-state index is 14.3. The summed E-state index contributed by atoms with van der Waals surface area (Å²) < 4.78 is 37.8. The average molecular weight is 670 g/mol. The molecule has 0 spiro atoms. The topological polar surface area (TPSA) is 173 Å². The quantitative estimate of drug-likeness (QED) is 0.405. The second-order valence-corrected chi connectivity index (χ2v) is 15.3. The van der Waals surface area contributed by atoms with Gasteiger partial charge >= 0.3 is 6.09 Å². The van der Waals surface area contributed by atoms with E-state index in [9.17, 15) is 27.6 Å². The van der Waals surface area contributed by atoms with Crippen molar-refractivity contribution in [3.05, 3.63) is 48.7 Å². The Kier molecular flexibility index (Phi) is 9.81. The molecule has 0 radical (unpaired) electrons. The monoisotopic (exact) mass is 669 g/mol. The second kappa shape index (κ2) is 13.5. The molecule has 1 aliphatic carbocycles. The Morgan fingerprint density at radius 3 is 2.62 bits per heavy atom. The molecule has 3 aliphatic rings. The van der Waals surface area contributed by atoms with Gasteiger partial charge in [-0.15, -0.1) is 0 Å². The number of alkyl carbamates (subject to hydrolysis) is 1. The summed E-state index contributed by atoms with van der Waals surface area (Å²) in [6, 6.07) is 7.13. The van der Waals surface area contributed by atoms with Gasteiger partial charge in [0.05, 0.1) is 18.3 Å². The normalized spacial score (nSPS) is 27.7. The molecule has 1 aromatic carbocycles. The number of fused-ring (bicyclic) bond motifs is 3. The highest BCUT2D eigenvalue weighted by Crippen LogP contribution is 2.45. The van der Waals surface area contributed by atoms with Crippen molar-refractivity contribution in [3.8, 4) is 5.75 Å². The number of carbonyl (C=O) groups is 4. The summed E-state index contributed by atoms with van der Waals surface area (Å²) >= 11 is 0. The van der Waals surface area contributed by atoms with E-state index >= 15 is 0 Å². The third-order valence-corrected chi connectivity index (χ3v) is 9.07. The van der Waals surface area contributed by atoms with Crippen LogP contribution in [-0.2, 0) is 29.1 Å². The van der Waals surface area contributed by atoms with Gasteiger partial charge < -0.3 is 25.0 Å². The molecule has 14 heteroatoms. The van der Waals surface area contributed by atoms with Gasteiger partial charge in [0.1, 0.15) is 35.1 Å². The summed E-state index contributed by atoms with van der Waals surface area (Å²) in [7, 11) is -3.90. The van der Waals surface area contributed by atoms with Crippen LogP contribution in [0.25, 0.3) is 10.9 Å². The van der Waals surface area contributed by atoms with Crippen molar-refractivity contribution in [1.29, 1.82) is 0 Å². The number of aromatic nitrogens is 1. The number of amides is 4. The number of benzene rings is 1. The minimum absolute atomic E-state index is 0.0337. The molecule has 4 amide bonds. The minimum Gasteiger partial charge on any atom is -0.488 e. The molecule has 13 nitrogen and oxygen atoms in total. The zero-order valence-electron chi connectivity index (χ0n) is 27.2. The van der Waals surface area contributed by atoms with Crippen LogP contribution in [0.15, 0.2) is 48.7 Å². The number of nitrogens with zero attached hydrogens (tertiary/aromatic N) is 2. The molecule has 47 heavy (non-hydrogen) atoms. The Morgan fingerprint density at radius 1 is 1.11 bits per heavy atom. The minimum atomic E-state index is -3.90. The number of ether oxygens (including phenoxy) is 2. The number of nitrogens with one attached hydrogen (secondary N) is 3. The van der Waals surface area contributed by atoms with Gasteiger partial charge in [0, 0.05) is 23.9 Å². The first-order chi connectivity index (χ1) is 22.1. The molecule has 2 fully saturated rings. The fourth-order valence-corrected chi connectivity index (χ4v) is 6.75. The van der Waals surface area contributed by atoms with E-state index in [1.54, 1.807) is 33.0 Å². The van der Waals surface area contributed by atoms with Gasteiger partial charge in [0.25, 0.3) is 5.91 Å². The molecule has 1 saturated carbocycles. The summed E-state index contributed by atoms with van der Waals surface area (Å²) in [5.41, 5.74) is -1.55. The molecule has 3 N–H and O–H groups in total. The Balaban J connectivity index is 1.47. The van der Waals surface area contributed by atoms with Crippen molar-refractivity contribution in [2.75, 3.05) is 12.8 Å². The molecule has 5 atom stereocenters. The van der Waals surface area contributed by atoms with Gasteiger partial charge in [-0.25, -0.2) is 13.2 Å². The molecule has 254 valence electrons. The number of para-hydroxylation sites is 1. The largest absolute Gasteiger partial charge is 0.488 e. The highest BCUT2D eigenvalue weighted by Gasteiger charge is 2.61. The average Bonchev–Trinajstić information content (AvgIpc) is 3.51. The number of hydrogen-bond donors (Lipinski definition) is 3. The molecule has 1 aromatic heterocycles. The highest BCUT2D eigenvalue weighted by molar-refractivity contribution is 7.89. The molecular formula is C33H43N5O8S. The second-order valence-electron chi connectivity index (χ2n) is 13.5. The fourth-order valence-electron chi connectivity index (χ4n) is 6.23. The summed E-state index contributed by atoms with van der Waals surface area (Å²) in [5.74, 6) is -1.80. The van der Waals surface area contributed by atoms with Crippen LogP contribution in [0.2, 0.25) is 0 Å². The van der Waals surface area contributed by atoms with Crippen molar-refractivity contribution in [2.24, 2.45) is 5.92 Å². The van der Waals surface area contributed by atoms with Crippen LogP contribution in [0.4, 0.5) is 4.79 Å². The van der Waals surface area contributed by atoms with E-state index in [0.717, 1.165) is 30.0 Å². The highest BCUT2D eigenvalue weighted by atomic mass is 32.2. The number of allylic oxidation sites excluding steroid dienone is 1. The van der Waals surface area contributed by atoms with Gasteiger partial charge in [-0.05, 0) is 64.7 Å². The van der Waals surface area contributed by atoms with Crippen LogP contribution in [-0.4, -0.2) is 84.2 Å². The standard InChI is InChI=1S/C33H43N5O8S/c1-32(2,3)46-31(42)35-25-15-9-7-5-6-8-12-21-19-33(21,30(41)37-47(4,43)44)36-28(39)26-18-22(20-38(26)29(25)40)45-27-16-17-34-24-14-11-10-13-23(24)27/h8,10-14,16-17,21-22,25-26H,5-7,9,15,18-20H2,1-4H3,(H,35,42)(H,36,39)(H,37,41)/b12-8-/t21-,22-,25+,26+,33-/m1/s1. The smallest absolute Gasteiger partial charge is 0.408 e. The van der Waals surface area contributed by atoms with Crippen molar-refractivity contribution < 1.29 is 37.1 Å². The summed E-state index contributed by atoms with van der Waals surface area (Å²) in [5, 5.41) is 6.31. The summed E-state index contributed by atoms with van der Waals surface area (Å²) in [4.78, 5) is 60.2. The third-order valence-electron chi connectivity index (χ3n) is 8.52. The van der Waals surface area contributed by atoms with E-state index in [0.29, 0.717) is 25.0 Å². The van der Waals surface area contributed by atoms with Gasteiger partial charge in [0.2, 0.25) is 21.8 Å². The Bertz CT molecular complexity index is 1670. The van der Waals surface area contributed by atoms with Crippen molar-refractivity contribution in [1.82, 2.24) is 25.2 Å². The van der Waals surface area contributed by atoms with Gasteiger partial charge in [-0.3, -0.25) is 24.1 Å². The number of hydrogen-bond acceptors (Lipinski definition) is 9. The van der Waals surface area contributed by atoms with E-state index in [1.807, 2.05) is 41.1 Å². The first-order valence-corrected chi connectivity index (χ1v) is 17.9. The molecular weight excluding hydrogens is 626 g/mol. The van der Waals surface area contributed by atoms with Gasteiger partial charge in [-0.1, -0.05) is 37.1 Å². The number of pyridine rings is 1. The van der Waals surface area contributed by atoms with Crippen LogP contribution in [0.5, 0.6) is 5.75 Å². The summed E-state index contributed by atoms with van der Waals surface area (Å²) in [6.45, 7) is 5.21. The van der Waals surface area contributed by atoms with E-state index < -0.39 is 69.1 Å². The van der Waals surface area contributed by atoms with E-state index in [2.05, 4.69) is 15.6 Å². The lowest BCUT2D eigenvalue weighted by atomic mass is 10.0. The van der Waals surface area contributed by atoms with Gasteiger partial charge in [-0.2, -0.15) is 0 Å². The van der Waals surface area contributed by atoms with Crippen molar-refractivity contribution in [2.45, 2.75) is 95.0 Å². The summed E-state index contributed by atoms with van der Waals surface area (Å²) in [6.07, 6.45) is 8.45. The van der Waals surface area contributed by atoms with Crippen molar-refractivity contribution in [3.63, 3.8) is 0 Å². The predicted octanol–water partition coefficient (Wildman–Crippen LogP) is 2.95. The SMILES string of the molecule is CC(C)(C)OC(=O)N[C@H]1CCCCC/C=C\[C@@H]2C[C@@]2(C(=O)NS(C)(=O)=O)NC(=O)[C@@H]2C[C@@H](Oc3ccnc4ccccc34)CN2C1=O. The first-order valence-electron chi connectivity index (χ1n) is 16.0. The predicted molar refractivity (Wildman–Crippen MR) is 174 cm³/mol. The molecule has 2 aliphatic heterocycles. The zero-order chi connectivity index (χ0) is 34.0. The number of rotatable bonds is 5.